The lowest BCUT2D eigenvalue weighted by Crippen LogP contribution is -2.54. The zero-order valence-electron chi connectivity index (χ0n) is 13.6. The Morgan fingerprint density at radius 1 is 1.12 bits per heavy atom. The highest BCUT2D eigenvalue weighted by Crippen LogP contribution is 2.48. The molecule has 2 aromatic rings. The number of nitrogens with zero attached hydrogens (tertiary/aromatic N) is 1. The summed E-state index contributed by atoms with van der Waals surface area (Å²) in [6.07, 6.45) is 2.75. The fourth-order valence-electron chi connectivity index (χ4n) is 4.22. The summed E-state index contributed by atoms with van der Waals surface area (Å²) in [7, 11) is 1.68. The minimum absolute atomic E-state index is 0.0893. The number of methoxy groups -OCH3 is 1. The Balaban J connectivity index is 1.78. The number of Topliss-reactive ketones (excluding diaryl/α,β-unsaturated/α-hetero) is 1. The average molecular weight is 386 g/mol. The molecular formula is C20H20BrNO2. The van der Waals surface area contributed by atoms with Crippen molar-refractivity contribution in [3.8, 4) is 5.75 Å². The molecule has 0 unspecified atom stereocenters. The molecule has 0 N–H and O–H groups in total. The molecule has 4 heteroatoms. The molecular weight excluding hydrogens is 366 g/mol. The Labute approximate surface area is 150 Å². The quantitative estimate of drug-likeness (QED) is 0.762. The molecule has 2 bridgehead atoms. The predicted octanol–water partition coefficient (Wildman–Crippen LogP) is 4.76. The highest BCUT2D eigenvalue weighted by Gasteiger charge is 2.47. The molecule has 1 saturated carbocycles. The zero-order chi connectivity index (χ0) is 16.7. The number of hydrogen-bond donors (Lipinski definition) is 0. The number of ketones is 1. The number of benzene rings is 2. The van der Waals surface area contributed by atoms with Crippen LogP contribution in [0.1, 0.15) is 30.9 Å². The van der Waals surface area contributed by atoms with Gasteiger partial charge < -0.3 is 9.64 Å². The molecule has 3 atom stereocenters. The van der Waals surface area contributed by atoms with Crippen molar-refractivity contribution in [3.05, 3.63) is 58.6 Å². The van der Waals surface area contributed by atoms with Crippen LogP contribution in [0.2, 0.25) is 0 Å². The summed E-state index contributed by atoms with van der Waals surface area (Å²) < 4.78 is 6.34. The van der Waals surface area contributed by atoms with Crippen LogP contribution in [0.15, 0.2) is 53.0 Å². The molecule has 0 aromatic heterocycles. The summed E-state index contributed by atoms with van der Waals surface area (Å²) in [5.41, 5.74) is 2.38. The SMILES string of the molecule is COc1ccc(N2[C@H]3CC[C@H](C(=O)C3)[C@@H]2c2cccc(Br)c2)cc1. The molecule has 2 aliphatic heterocycles. The van der Waals surface area contributed by atoms with Crippen LogP contribution in [0, 0.1) is 5.92 Å². The van der Waals surface area contributed by atoms with Crippen molar-refractivity contribution in [1.82, 2.24) is 0 Å². The summed E-state index contributed by atoms with van der Waals surface area (Å²) in [6, 6.07) is 17.0. The van der Waals surface area contributed by atoms with Gasteiger partial charge in [0.15, 0.2) is 0 Å². The topological polar surface area (TPSA) is 29.5 Å². The van der Waals surface area contributed by atoms with E-state index in [1.807, 2.05) is 18.2 Å². The molecule has 0 radical (unpaired) electrons. The maximum absolute atomic E-state index is 12.5. The van der Waals surface area contributed by atoms with E-state index in [4.69, 9.17) is 4.74 Å². The lowest BCUT2D eigenvalue weighted by atomic mass is 9.71. The van der Waals surface area contributed by atoms with Gasteiger partial charge in [-0.2, -0.15) is 0 Å². The Morgan fingerprint density at radius 2 is 1.92 bits per heavy atom. The Morgan fingerprint density at radius 3 is 2.58 bits per heavy atom. The van der Waals surface area contributed by atoms with Crippen LogP contribution < -0.4 is 9.64 Å². The van der Waals surface area contributed by atoms with Crippen LogP contribution >= 0.6 is 15.9 Å². The van der Waals surface area contributed by atoms with Gasteiger partial charge in [0, 0.05) is 28.5 Å². The van der Waals surface area contributed by atoms with Gasteiger partial charge in [-0.05, 0) is 54.8 Å². The summed E-state index contributed by atoms with van der Waals surface area (Å²) in [4.78, 5) is 15.0. The summed E-state index contributed by atoms with van der Waals surface area (Å²) in [5, 5.41) is 0. The van der Waals surface area contributed by atoms with Gasteiger partial charge >= 0.3 is 0 Å². The largest absolute Gasteiger partial charge is 0.497 e. The first-order valence-corrected chi connectivity index (χ1v) is 9.17. The van der Waals surface area contributed by atoms with Crippen molar-refractivity contribution in [3.63, 3.8) is 0 Å². The summed E-state index contributed by atoms with van der Waals surface area (Å²) >= 11 is 3.57. The van der Waals surface area contributed by atoms with Crippen molar-refractivity contribution in [2.24, 2.45) is 5.92 Å². The van der Waals surface area contributed by atoms with Gasteiger partial charge in [-0.25, -0.2) is 0 Å². The van der Waals surface area contributed by atoms with Gasteiger partial charge in [0.25, 0.3) is 0 Å². The number of ether oxygens (including phenoxy) is 1. The highest BCUT2D eigenvalue weighted by atomic mass is 79.9. The van der Waals surface area contributed by atoms with Gasteiger partial charge in [0.05, 0.1) is 13.2 Å². The van der Waals surface area contributed by atoms with Crippen LogP contribution in [0.3, 0.4) is 0 Å². The first kappa shape index (κ1) is 15.7. The number of carbonyl (C=O) groups excluding carboxylic acids is 1. The smallest absolute Gasteiger partial charge is 0.140 e. The lowest BCUT2D eigenvalue weighted by Gasteiger charge is -2.52. The second-order valence-electron chi connectivity index (χ2n) is 6.61. The number of halogens is 1. The van der Waals surface area contributed by atoms with Gasteiger partial charge in [-0.15, -0.1) is 0 Å². The lowest BCUT2D eigenvalue weighted by molar-refractivity contribution is -0.128. The molecule has 0 spiro atoms. The number of carbonyl (C=O) groups is 1. The van der Waals surface area contributed by atoms with E-state index in [2.05, 4.69) is 51.2 Å². The van der Waals surface area contributed by atoms with E-state index >= 15 is 0 Å². The van der Waals surface area contributed by atoms with Crippen molar-refractivity contribution in [2.75, 3.05) is 12.0 Å². The summed E-state index contributed by atoms with van der Waals surface area (Å²) in [6.45, 7) is 0. The average Bonchev–Trinajstić information content (AvgIpc) is 2.61. The van der Waals surface area contributed by atoms with Crippen LogP contribution in [-0.2, 0) is 4.79 Å². The molecule has 1 aliphatic carbocycles. The van der Waals surface area contributed by atoms with Crippen molar-refractivity contribution in [2.45, 2.75) is 31.3 Å². The molecule has 2 aromatic carbocycles. The third-order valence-electron chi connectivity index (χ3n) is 5.30. The minimum Gasteiger partial charge on any atom is -0.497 e. The van der Waals surface area contributed by atoms with Gasteiger partial charge in [-0.3, -0.25) is 4.79 Å². The molecule has 2 heterocycles. The first-order chi connectivity index (χ1) is 11.7. The van der Waals surface area contributed by atoms with Gasteiger partial charge in [-0.1, -0.05) is 28.1 Å². The number of hydrogen-bond acceptors (Lipinski definition) is 3. The van der Waals surface area contributed by atoms with Crippen LogP contribution in [0.5, 0.6) is 5.75 Å². The standard InChI is InChI=1S/C20H20BrNO2/c1-24-17-8-5-15(6-9-17)22-16-7-10-18(19(23)12-16)20(22)13-3-2-4-14(21)11-13/h2-6,8-9,11,16,18,20H,7,10,12H2,1H3/t16-,18+,20-/m0/s1. The fraction of sp³-hybridized carbons (Fsp3) is 0.350. The molecule has 0 amide bonds. The molecule has 124 valence electrons. The Kier molecular flexibility index (Phi) is 4.09. The minimum atomic E-state index is 0.0893. The monoisotopic (exact) mass is 385 g/mol. The van der Waals surface area contributed by atoms with Crippen molar-refractivity contribution >= 4 is 27.4 Å². The molecule has 5 rings (SSSR count). The Bertz CT molecular complexity index is 758. The first-order valence-electron chi connectivity index (χ1n) is 8.38. The van der Waals surface area contributed by atoms with E-state index < -0.39 is 0 Å². The van der Waals surface area contributed by atoms with E-state index in [0.29, 0.717) is 18.2 Å². The molecule has 2 saturated heterocycles. The van der Waals surface area contributed by atoms with Crippen molar-refractivity contribution in [1.29, 1.82) is 0 Å². The summed E-state index contributed by atoms with van der Waals surface area (Å²) in [5.74, 6) is 1.36. The van der Waals surface area contributed by atoms with E-state index in [0.717, 1.165) is 23.1 Å². The normalized spacial score (nSPS) is 25.8. The number of piperidine rings is 2. The van der Waals surface area contributed by atoms with Crippen LogP contribution in [0.25, 0.3) is 0 Å². The fourth-order valence-corrected chi connectivity index (χ4v) is 4.64. The predicted molar refractivity (Wildman–Crippen MR) is 98.5 cm³/mol. The zero-order valence-corrected chi connectivity index (χ0v) is 15.2. The maximum Gasteiger partial charge on any atom is 0.140 e. The van der Waals surface area contributed by atoms with Crippen LogP contribution in [0.4, 0.5) is 5.69 Å². The highest BCUT2D eigenvalue weighted by molar-refractivity contribution is 9.10. The van der Waals surface area contributed by atoms with Gasteiger partial charge in [0.2, 0.25) is 0 Å². The van der Waals surface area contributed by atoms with E-state index in [1.165, 1.54) is 11.3 Å². The second-order valence-corrected chi connectivity index (χ2v) is 7.53. The number of rotatable bonds is 3. The van der Waals surface area contributed by atoms with Crippen LogP contribution in [-0.4, -0.2) is 18.9 Å². The third kappa shape index (κ3) is 2.63. The molecule has 3 nitrogen and oxygen atoms in total. The third-order valence-corrected chi connectivity index (χ3v) is 5.79. The van der Waals surface area contributed by atoms with E-state index in [1.54, 1.807) is 7.11 Å². The van der Waals surface area contributed by atoms with E-state index in [9.17, 15) is 4.79 Å². The van der Waals surface area contributed by atoms with Gasteiger partial charge in [0.1, 0.15) is 11.5 Å². The number of anilines is 1. The molecule has 24 heavy (non-hydrogen) atoms. The second kappa shape index (κ2) is 6.25. The van der Waals surface area contributed by atoms with Crippen molar-refractivity contribution < 1.29 is 9.53 Å². The molecule has 3 aliphatic rings. The van der Waals surface area contributed by atoms with E-state index in [-0.39, 0.29) is 12.0 Å². The maximum atomic E-state index is 12.5. The molecule has 3 fully saturated rings. The number of fused-ring (bicyclic) bond motifs is 3. The Hall–Kier alpha value is -1.81.